The van der Waals surface area contributed by atoms with Crippen LogP contribution in [0.25, 0.3) is 5.65 Å². The number of nitrogens with zero attached hydrogens (tertiary/aromatic N) is 4. The SMILES string of the molecule is COC(CNc1ccc2nnc(CCNS(C)(=O)=O)n2n1)OC. The molecule has 128 valence electrons. The average molecular weight is 344 g/mol. The second kappa shape index (κ2) is 7.64. The fraction of sp³-hybridized carbons (Fsp3) is 0.583. The highest BCUT2D eigenvalue weighted by Crippen LogP contribution is 2.08. The van der Waals surface area contributed by atoms with E-state index in [2.05, 4.69) is 25.3 Å². The number of hydrogen-bond acceptors (Lipinski definition) is 8. The molecular formula is C12H20N6O4S. The van der Waals surface area contributed by atoms with Crippen molar-refractivity contribution in [3.8, 4) is 0 Å². The summed E-state index contributed by atoms with van der Waals surface area (Å²) in [5.41, 5.74) is 0.583. The molecule has 0 bridgehead atoms. The van der Waals surface area contributed by atoms with Crippen LogP contribution in [-0.4, -0.2) is 68.1 Å². The van der Waals surface area contributed by atoms with Crippen molar-refractivity contribution < 1.29 is 17.9 Å². The van der Waals surface area contributed by atoms with Crippen LogP contribution in [0.2, 0.25) is 0 Å². The summed E-state index contributed by atoms with van der Waals surface area (Å²) in [5.74, 6) is 1.17. The van der Waals surface area contributed by atoms with Crippen LogP contribution in [-0.2, 0) is 25.9 Å². The maximum Gasteiger partial charge on any atom is 0.208 e. The first-order valence-corrected chi connectivity index (χ1v) is 8.77. The van der Waals surface area contributed by atoms with Gasteiger partial charge in [-0.2, -0.15) is 4.52 Å². The largest absolute Gasteiger partial charge is 0.364 e. The van der Waals surface area contributed by atoms with Crippen molar-refractivity contribution in [1.82, 2.24) is 24.5 Å². The average Bonchev–Trinajstić information content (AvgIpc) is 2.90. The summed E-state index contributed by atoms with van der Waals surface area (Å²) in [6.45, 7) is 0.660. The maximum absolute atomic E-state index is 11.1. The van der Waals surface area contributed by atoms with Crippen molar-refractivity contribution in [2.75, 3.05) is 38.9 Å². The Morgan fingerprint density at radius 1 is 1.26 bits per heavy atom. The molecule has 0 spiro atoms. The van der Waals surface area contributed by atoms with E-state index in [1.54, 1.807) is 30.9 Å². The van der Waals surface area contributed by atoms with Gasteiger partial charge in [-0.05, 0) is 12.1 Å². The topological polar surface area (TPSA) is 120 Å². The van der Waals surface area contributed by atoms with Gasteiger partial charge in [0, 0.05) is 27.2 Å². The third kappa shape index (κ3) is 5.10. The number of rotatable bonds is 9. The number of fused-ring (bicyclic) bond motifs is 1. The Balaban J connectivity index is 2.07. The minimum Gasteiger partial charge on any atom is -0.364 e. The second-order valence-electron chi connectivity index (χ2n) is 4.80. The Morgan fingerprint density at radius 2 is 2.00 bits per heavy atom. The van der Waals surface area contributed by atoms with Gasteiger partial charge in [-0.1, -0.05) is 0 Å². The first-order valence-electron chi connectivity index (χ1n) is 6.88. The van der Waals surface area contributed by atoms with Gasteiger partial charge in [0.05, 0.1) is 12.8 Å². The van der Waals surface area contributed by atoms with Crippen LogP contribution in [0.5, 0.6) is 0 Å². The lowest BCUT2D eigenvalue weighted by molar-refractivity contribution is -0.0914. The van der Waals surface area contributed by atoms with Crippen LogP contribution in [0.4, 0.5) is 5.82 Å². The van der Waals surface area contributed by atoms with Crippen molar-refractivity contribution in [1.29, 1.82) is 0 Å². The van der Waals surface area contributed by atoms with Crippen molar-refractivity contribution in [3.63, 3.8) is 0 Å². The fourth-order valence-corrected chi connectivity index (χ4v) is 2.36. The van der Waals surface area contributed by atoms with Gasteiger partial charge in [0.25, 0.3) is 0 Å². The lowest BCUT2D eigenvalue weighted by atomic mass is 10.4. The smallest absolute Gasteiger partial charge is 0.208 e. The number of anilines is 1. The molecule has 11 heteroatoms. The van der Waals surface area contributed by atoms with E-state index in [-0.39, 0.29) is 12.8 Å². The Labute approximate surface area is 134 Å². The first-order chi connectivity index (χ1) is 10.9. The van der Waals surface area contributed by atoms with Crippen LogP contribution in [0.3, 0.4) is 0 Å². The lowest BCUT2D eigenvalue weighted by Gasteiger charge is -2.14. The monoisotopic (exact) mass is 344 g/mol. The molecule has 0 unspecified atom stereocenters. The molecule has 23 heavy (non-hydrogen) atoms. The minimum absolute atomic E-state index is 0.231. The molecule has 0 saturated heterocycles. The molecule has 0 fully saturated rings. The molecule has 0 amide bonds. The molecule has 0 saturated carbocycles. The summed E-state index contributed by atoms with van der Waals surface area (Å²) in [7, 11) is -0.121. The fourth-order valence-electron chi connectivity index (χ4n) is 1.88. The molecule has 0 radical (unpaired) electrons. The normalized spacial score (nSPS) is 12.2. The molecule has 0 aromatic carbocycles. The highest BCUT2D eigenvalue weighted by atomic mass is 32.2. The maximum atomic E-state index is 11.1. The zero-order valence-corrected chi connectivity index (χ0v) is 14.0. The molecule has 2 N–H and O–H groups in total. The predicted molar refractivity (Wildman–Crippen MR) is 83.6 cm³/mol. The molecule has 10 nitrogen and oxygen atoms in total. The number of methoxy groups -OCH3 is 2. The Morgan fingerprint density at radius 3 is 2.65 bits per heavy atom. The summed E-state index contributed by atoms with van der Waals surface area (Å²) in [6.07, 6.45) is 1.10. The number of hydrogen-bond donors (Lipinski definition) is 2. The summed E-state index contributed by atoms with van der Waals surface area (Å²) >= 11 is 0. The molecule has 2 aromatic heterocycles. The van der Waals surface area contributed by atoms with Crippen molar-refractivity contribution in [2.24, 2.45) is 0 Å². The minimum atomic E-state index is -3.23. The Hall–Kier alpha value is -1.82. The van der Waals surface area contributed by atoms with Crippen LogP contribution in [0.1, 0.15) is 5.82 Å². The van der Waals surface area contributed by atoms with E-state index >= 15 is 0 Å². The number of ether oxygens (including phenoxy) is 2. The second-order valence-corrected chi connectivity index (χ2v) is 6.64. The van der Waals surface area contributed by atoms with Gasteiger partial charge in [0.1, 0.15) is 5.82 Å². The molecule has 0 atom stereocenters. The Bertz CT molecular complexity index is 743. The van der Waals surface area contributed by atoms with Gasteiger partial charge in [0.2, 0.25) is 10.0 Å². The summed E-state index contributed by atoms with van der Waals surface area (Å²) < 4.78 is 36.3. The molecule has 0 aliphatic heterocycles. The van der Waals surface area contributed by atoms with Gasteiger partial charge in [0.15, 0.2) is 17.8 Å². The van der Waals surface area contributed by atoms with Crippen LogP contribution in [0.15, 0.2) is 12.1 Å². The van der Waals surface area contributed by atoms with E-state index in [1.807, 2.05) is 0 Å². The van der Waals surface area contributed by atoms with E-state index in [9.17, 15) is 8.42 Å². The van der Waals surface area contributed by atoms with Gasteiger partial charge in [-0.25, -0.2) is 13.1 Å². The standard InChI is InChI=1S/C12H20N6O4S/c1-21-12(22-2)8-13-9-4-5-10-15-16-11(18(10)17-9)6-7-14-23(3,19)20/h4-5,12,14H,6-8H2,1-3H3,(H,13,17). The third-order valence-corrected chi connectivity index (χ3v) is 3.74. The molecule has 2 heterocycles. The van der Waals surface area contributed by atoms with E-state index in [0.717, 1.165) is 6.26 Å². The Kier molecular flexibility index (Phi) is 5.82. The van der Waals surface area contributed by atoms with E-state index < -0.39 is 10.0 Å². The van der Waals surface area contributed by atoms with Gasteiger partial charge in [-0.15, -0.1) is 15.3 Å². The zero-order chi connectivity index (χ0) is 16.9. The molecular weight excluding hydrogens is 324 g/mol. The number of aromatic nitrogens is 4. The van der Waals surface area contributed by atoms with E-state index in [4.69, 9.17) is 9.47 Å². The van der Waals surface area contributed by atoms with Gasteiger partial charge in [-0.3, -0.25) is 0 Å². The lowest BCUT2D eigenvalue weighted by Crippen LogP contribution is -2.25. The molecule has 2 rings (SSSR count). The molecule has 0 aliphatic rings. The number of sulfonamides is 1. The van der Waals surface area contributed by atoms with Crippen LogP contribution in [0, 0.1) is 0 Å². The molecule has 0 aliphatic carbocycles. The highest BCUT2D eigenvalue weighted by molar-refractivity contribution is 7.88. The summed E-state index contributed by atoms with van der Waals surface area (Å²) in [6, 6.07) is 3.54. The van der Waals surface area contributed by atoms with Crippen LogP contribution >= 0.6 is 0 Å². The van der Waals surface area contributed by atoms with Gasteiger partial charge >= 0.3 is 0 Å². The zero-order valence-electron chi connectivity index (χ0n) is 13.2. The molecule has 2 aromatic rings. The quantitative estimate of drug-likeness (QED) is 0.570. The van der Waals surface area contributed by atoms with Crippen molar-refractivity contribution in [3.05, 3.63) is 18.0 Å². The first kappa shape index (κ1) is 17.5. The predicted octanol–water partition coefficient (Wildman–Crippen LogP) is -0.753. The summed E-state index contributed by atoms with van der Waals surface area (Å²) in [4.78, 5) is 0. The van der Waals surface area contributed by atoms with Crippen molar-refractivity contribution in [2.45, 2.75) is 12.7 Å². The van der Waals surface area contributed by atoms with Gasteiger partial charge < -0.3 is 14.8 Å². The van der Waals surface area contributed by atoms with Crippen LogP contribution < -0.4 is 10.0 Å². The van der Waals surface area contributed by atoms with Crippen molar-refractivity contribution >= 4 is 21.5 Å². The summed E-state index contributed by atoms with van der Waals surface area (Å²) in [5, 5.41) is 15.5. The van der Waals surface area contributed by atoms with E-state index in [0.29, 0.717) is 30.3 Å². The van der Waals surface area contributed by atoms with E-state index in [1.165, 1.54) is 0 Å². The third-order valence-electron chi connectivity index (χ3n) is 3.02. The highest BCUT2D eigenvalue weighted by Gasteiger charge is 2.10. The number of nitrogens with one attached hydrogen (secondary N) is 2.